The Labute approximate surface area is 272 Å². The fourth-order valence-corrected chi connectivity index (χ4v) is 5.46. The molecule has 236 valence electrons. The maximum absolute atomic E-state index is 8.92. The highest BCUT2D eigenvalue weighted by molar-refractivity contribution is 5.17. The van der Waals surface area contributed by atoms with E-state index in [1.165, 1.54) is 6.08 Å². The molecule has 46 heavy (non-hydrogen) atoms. The summed E-state index contributed by atoms with van der Waals surface area (Å²) in [6, 6.07) is 42.5. The van der Waals surface area contributed by atoms with Crippen molar-refractivity contribution in [1.29, 1.82) is 5.26 Å². The van der Waals surface area contributed by atoms with Crippen LogP contribution in [0.4, 0.5) is 0 Å². The van der Waals surface area contributed by atoms with E-state index in [1.54, 1.807) is 6.08 Å². The maximum atomic E-state index is 8.92. The first-order chi connectivity index (χ1) is 22.8. The summed E-state index contributed by atoms with van der Waals surface area (Å²) in [6.07, 6.45) is 5.44. The second-order valence-corrected chi connectivity index (χ2v) is 11.1. The smallest absolute Gasteiger partial charge is 0.115 e. The number of rotatable bonds is 16. The average Bonchev–Trinajstić information content (AvgIpc) is 3.11. The van der Waals surface area contributed by atoms with Crippen LogP contribution in [-0.4, -0.2) is 37.1 Å². The van der Waals surface area contributed by atoms with Crippen LogP contribution < -0.4 is 0 Å². The van der Waals surface area contributed by atoms with Crippen LogP contribution in [0.3, 0.4) is 0 Å². The molecule has 1 fully saturated rings. The first-order valence-corrected chi connectivity index (χ1v) is 15.7. The zero-order valence-corrected chi connectivity index (χ0v) is 26.0. The first kappa shape index (κ1) is 33.0. The van der Waals surface area contributed by atoms with E-state index >= 15 is 0 Å². The highest BCUT2D eigenvalue weighted by atomic mass is 16.6. The van der Waals surface area contributed by atoms with Crippen molar-refractivity contribution in [3.63, 3.8) is 0 Å². The zero-order valence-electron chi connectivity index (χ0n) is 26.0. The molecule has 0 radical (unpaired) electrons. The Hall–Kier alpha value is -4.35. The lowest BCUT2D eigenvalue weighted by Crippen LogP contribution is -2.61. The lowest BCUT2D eigenvalue weighted by Gasteiger charge is -2.46. The lowest BCUT2D eigenvalue weighted by atomic mass is 9.92. The third kappa shape index (κ3) is 10.3. The van der Waals surface area contributed by atoms with Crippen molar-refractivity contribution in [3.8, 4) is 6.07 Å². The van der Waals surface area contributed by atoms with Crippen molar-refractivity contribution >= 4 is 0 Å². The molecular weight excluding hydrogens is 574 g/mol. The average molecular weight is 616 g/mol. The van der Waals surface area contributed by atoms with Gasteiger partial charge in [0, 0.05) is 6.08 Å². The van der Waals surface area contributed by atoms with Gasteiger partial charge < -0.3 is 23.7 Å². The van der Waals surface area contributed by atoms with Gasteiger partial charge in [0.05, 0.1) is 45.2 Å². The Kier molecular flexibility index (Phi) is 13.3. The molecule has 6 heteroatoms. The standard InChI is InChI=1S/C40H41NO5/c41-26-16-2-1-15-25-36-38(43-28-33-19-9-4-10-20-33)40(45-30-35-23-13-6-14-24-35)39(44-29-34-21-11-5-12-22-34)37(46-36)31-42-27-32-17-7-3-8-18-32/h1-24,36-40H,25,27-31H2/b15-1-,16-2-/t36-,37-,38+,39-,40-/m1/s1. The van der Waals surface area contributed by atoms with E-state index in [-0.39, 0.29) is 6.10 Å². The summed E-state index contributed by atoms with van der Waals surface area (Å²) in [4.78, 5) is 0. The summed E-state index contributed by atoms with van der Waals surface area (Å²) < 4.78 is 33.2. The summed E-state index contributed by atoms with van der Waals surface area (Å²) in [7, 11) is 0. The molecule has 0 bridgehead atoms. The van der Waals surface area contributed by atoms with Gasteiger partial charge in [-0.1, -0.05) is 140 Å². The van der Waals surface area contributed by atoms with Crippen LogP contribution in [0.15, 0.2) is 146 Å². The number of ether oxygens (including phenoxy) is 5. The van der Waals surface area contributed by atoms with Gasteiger partial charge in [0.25, 0.3) is 0 Å². The molecule has 4 aromatic carbocycles. The third-order valence-corrected chi connectivity index (χ3v) is 7.77. The molecular formula is C40H41NO5. The van der Waals surface area contributed by atoms with E-state index < -0.39 is 24.4 Å². The normalized spacial score (nSPS) is 21.4. The number of allylic oxidation sites excluding steroid dienone is 3. The van der Waals surface area contributed by atoms with Crippen molar-refractivity contribution in [1.82, 2.24) is 0 Å². The van der Waals surface area contributed by atoms with Crippen LogP contribution in [-0.2, 0) is 50.1 Å². The van der Waals surface area contributed by atoms with Gasteiger partial charge in [-0.3, -0.25) is 0 Å². The minimum atomic E-state index is -0.473. The Morgan fingerprint density at radius 1 is 0.543 bits per heavy atom. The van der Waals surface area contributed by atoms with Crippen LogP contribution in [0.2, 0.25) is 0 Å². The predicted molar refractivity (Wildman–Crippen MR) is 178 cm³/mol. The lowest BCUT2D eigenvalue weighted by molar-refractivity contribution is -0.271. The molecule has 0 unspecified atom stereocenters. The number of nitrogens with zero attached hydrogens (tertiary/aromatic N) is 1. The maximum Gasteiger partial charge on any atom is 0.115 e. The SMILES string of the molecule is N#C/C=C\C=C/C[C@H]1O[C@H](COCc2ccccc2)[C@@H](OCc2ccccc2)[C@H](OCc2ccccc2)[C@H]1OCc1ccccc1. The van der Waals surface area contributed by atoms with Gasteiger partial charge in [-0.25, -0.2) is 0 Å². The van der Waals surface area contributed by atoms with Gasteiger partial charge in [-0.15, -0.1) is 0 Å². The Bertz CT molecular complexity index is 1510. The zero-order chi connectivity index (χ0) is 31.7. The molecule has 0 aliphatic carbocycles. The van der Waals surface area contributed by atoms with Gasteiger partial charge in [0.2, 0.25) is 0 Å². The molecule has 0 spiro atoms. The summed E-state index contributed by atoms with van der Waals surface area (Å²) in [5.41, 5.74) is 4.27. The summed E-state index contributed by atoms with van der Waals surface area (Å²) in [5.74, 6) is 0. The van der Waals surface area contributed by atoms with E-state index in [1.807, 2.05) is 103 Å². The summed E-state index contributed by atoms with van der Waals surface area (Å²) in [6.45, 7) is 1.96. The molecule has 0 amide bonds. The molecule has 5 atom stereocenters. The second-order valence-electron chi connectivity index (χ2n) is 11.1. The largest absolute Gasteiger partial charge is 0.374 e. The fourth-order valence-electron chi connectivity index (χ4n) is 5.46. The molecule has 6 nitrogen and oxygen atoms in total. The topological polar surface area (TPSA) is 69.9 Å². The highest BCUT2D eigenvalue weighted by Crippen LogP contribution is 2.32. The molecule has 1 aliphatic rings. The Morgan fingerprint density at radius 3 is 1.46 bits per heavy atom. The van der Waals surface area contributed by atoms with E-state index in [0.717, 1.165) is 22.3 Å². The van der Waals surface area contributed by atoms with Gasteiger partial charge in [0.15, 0.2) is 0 Å². The van der Waals surface area contributed by atoms with Gasteiger partial charge in [-0.2, -0.15) is 5.26 Å². The number of hydrogen-bond acceptors (Lipinski definition) is 6. The quantitative estimate of drug-likeness (QED) is 0.0948. The molecule has 5 rings (SSSR count). The van der Waals surface area contributed by atoms with Crippen molar-refractivity contribution in [3.05, 3.63) is 168 Å². The summed E-state index contributed by atoms with van der Waals surface area (Å²) >= 11 is 0. The molecule has 0 aromatic heterocycles. The Balaban J connectivity index is 1.44. The summed E-state index contributed by atoms with van der Waals surface area (Å²) in [5, 5.41) is 8.92. The Morgan fingerprint density at radius 2 is 0.978 bits per heavy atom. The van der Waals surface area contributed by atoms with Gasteiger partial charge in [-0.05, 0) is 28.7 Å². The minimum absolute atomic E-state index is 0.319. The molecule has 1 aliphatic heterocycles. The van der Waals surface area contributed by atoms with Gasteiger partial charge >= 0.3 is 0 Å². The van der Waals surface area contributed by atoms with Crippen LogP contribution in [0.5, 0.6) is 0 Å². The minimum Gasteiger partial charge on any atom is -0.374 e. The molecule has 1 saturated heterocycles. The molecule has 1 heterocycles. The molecule has 4 aromatic rings. The van der Waals surface area contributed by atoms with Crippen LogP contribution in [0.1, 0.15) is 28.7 Å². The van der Waals surface area contributed by atoms with Gasteiger partial charge in [0.1, 0.15) is 24.4 Å². The van der Waals surface area contributed by atoms with Crippen molar-refractivity contribution in [2.45, 2.75) is 63.4 Å². The second kappa shape index (κ2) is 18.6. The molecule has 0 saturated carbocycles. The number of nitriles is 1. The highest BCUT2D eigenvalue weighted by Gasteiger charge is 2.48. The van der Waals surface area contributed by atoms with E-state index in [4.69, 9.17) is 28.9 Å². The first-order valence-electron chi connectivity index (χ1n) is 15.7. The van der Waals surface area contributed by atoms with E-state index in [2.05, 4.69) is 36.4 Å². The fraction of sp³-hybridized carbons (Fsp3) is 0.275. The van der Waals surface area contributed by atoms with Crippen molar-refractivity contribution < 1.29 is 23.7 Å². The van der Waals surface area contributed by atoms with E-state index in [0.29, 0.717) is 39.5 Å². The van der Waals surface area contributed by atoms with E-state index in [9.17, 15) is 0 Å². The number of benzene rings is 4. The van der Waals surface area contributed by atoms with Crippen LogP contribution in [0.25, 0.3) is 0 Å². The van der Waals surface area contributed by atoms with Crippen LogP contribution in [0, 0.1) is 11.3 Å². The van der Waals surface area contributed by atoms with Crippen molar-refractivity contribution in [2.75, 3.05) is 6.61 Å². The monoisotopic (exact) mass is 615 g/mol. The molecule has 0 N–H and O–H groups in total. The van der Waals surface area contributed by atoms with Crippen molar-refractivity contribution in [2.24, 2.45) is 0 Å². The predicted octanol–water partition coefficient (Wildman–Crippen LogP) is 7.75. The van der Waals surface area contributed by atoms with Crippen LogP contribution >= 0.6 is 0 Å². The number of hydrogen-bond donors (Lipinski definition) is 0. The third-order valence-electron chi connectivity index (χ3n) is 7.77.